The van der Waals surface area contributed by atoms with Crippen LogP contribution in [0.5, 0.6) is 0 Å². The second-order valence-electron chi connectivity index (χ2n) is 6.57. The largest absolute Gasteiger partial charge is 0.760 e. The third-order valence-electron chi connectivity index (χ3n) is 4.46. The number of rotatable bonds is 10. The van der Waals surface area contributed by atoms with E-state index < -0.39 is 22.9 Å². The predicted octanol–water partition coefficient (Wildman–Crippen LogP) is 2.37. The topological polar surface area (TPSA) is 127 Å². The highest BCUT2D eigenvalue weighted by Crippen LogP contribution is 2.27. The average Bonchev–Trinajstić information content (AvgIpc) is 2.75. The number of halogens is 2. The lowest BCUT2D eigenvalue weighted by atomic mass is 9.98. The van der Waals surface area contributed by atoms with Crippen molar-refractivity contribution >= 4 is 45.5 Å². The molecule has 0 aliphatic carbocycles. The third-order valence-corrected chi connectivity index (χ3v) is 5.22. The molecule has 0 fully saturated rings. The maximum Gasteiger partial charge on any atom is 0.197 e. The SMILES string of the molecule is O=C(c1ccc2ncc(NCCO)nc2c1)c1c(Cl)ccc(CCCNS(=O)[O-])c1F. The molecule has 8 nitrogen and oxygen atoms in total. The fourth-order valence-corrected chi connectivity index (χ4v) is 3.54. The molecule has 0 radical (unpaired) electrons. The average molecular weight is 466 g/mol. The number of nitrogens with zero attached hydrogens (tertiary/aromatic N) is 2. The van der Waals surface area contributed by atoms with E-state index >= 15 is 4.39 Å². The van der Waals surface area contributed by atoms with E-state index in [1.807, 2.05) is 0 Å². The Morgan fingerprint density at radius 2 is 2.03 bits per heavy atom. The first kappa shape index (κ1) is 23.2. The van der Waals surface area contributed by atoms with E-state index in [1.165, 1.54) is 30.5 Å². The molecule has 1 heterocycles. The summed E-state index contributed by atoms with van der Waals surface area (Å²) in [6, 6.07) is 7.56. The van der Waals surface area contributed by atoms with Crippen molar-refractivity contribution in [2.75, 3.05) is 25.0 Å². The molecule has 3 rings (SSSR count). The van der Waals surface area contributed by atoms with Gasteiger partial charge < -0.3 is 15.0 Å². The molecular formula is C20H19ClFN4O4S-. The smallest absolute Gasteiger partial charge is 0.197 e. The van der Waals surface area contributed by atoms with Crippen LogP contribution in [0.2, 0.25) is 5.02 Å². The molecule has 3 N–H and O–H groups in total. The zero-order valence-electron chi connectivity index (χ0n) is 16.2. The van der Waals surface area contributed by atoms with Crippen LogP contribution in [0.1, 0.15) is 27.9 Å². The van der Waals surface area contributed by atoms with Crippen LogP contribution in [0.15, 0.2) is 36.5 Å². The zero-order valence-corrected chi connectivity index (χ0v) is 17.8. The second-order valence-corrected chi connectivity index (χ2v) is 7.73. The number of aliphatic hydroxyl groups excluding tert-OH is 1. The number of carbonyl (C=O) groups is 1. The minimum atomic E-state index is -2.38. The van der Waals surface area contributed by atoms with E-state index in [4.69, 9.17) is 16.7 Å². The highest BCUT2D eigenvalue weighted by Gasteiger charge is 2.21. The summed E-state index contributed by atoms with van der Waals surface area (Å²) in [7, 11) is 0. The maximum absolute atomic E-state index is 15.1. The first-order chi connectivity index (χ1) is 14.9. The van der Waals surface area contributed by atoms with Gasteiger partial charge in [0.25, 0.3) is 0 Å². The summed E-state index contributed by atoms with van der Waals surface area (Å²) in [6.07, 6.45) is 2.10. The molecule has 0 bridgehead atoms. The molecule has 1 aromatic heterocycles. The number of aliphatic hydroxyl groups is 1. The molecule has 0 spiro atoms. The van der Waals surface area contributed by atoms with Crippen LogP contribution in [0.4, 0.5) is 10.2 Å². The van der Waals surface area contributed by atoms with Gasteiger partial charge in [0.2, 0.25) is 0 Å². The number of benzene rings is 2. The van der Waals surface area contributed by atoms with E-state index in [0.29, 0.717) is 29.8 Å². The van der Waals surface area contributed by atoms with Crippen molar-refractivity contribution in [3.05, 3.63) is 64.1 Å². The lowest BCUT2D eigenvalue weighted by Gasteiger charge is -2.11. The fraction of sp³-hybridized carbons (Fsp3) is 0.250. The number of anilines is 1. The molecule has 1 unspecified atom stereocenters. The monoisotopic (exact) mass is 465 g/mol. The molecule has 11 heteroatoms. The normalized spacial score (nSPS) is 12.1. The molecule has 0 aliphatic heterocycles. The number of fused-ring (bicyclic) bond motifs is 1. The number of aryl methyl sites for hydroxylation is 1. The van der Waals surface area contributed by atoms with E-state index in [1.54, 1.807) is 6.07 Å². The second kappa shape index (κ2) is 10.7. The number of hydrogen-bond donors (Lipinski definition) is 3. The lowest BCUT2D eigenvalue weighted by molar-refractivity contribution is 0.103. The Balaban J connectivity index is 1.88. The van der Waals surface area contributed by atoms with Gasteiger partial charge in [-0.3, -0.25) is 14.0 Å². The van der Waals surface area contributed by atoms with Gasteiger partial charge in [0.15, 0.2) is 5.78 Å². The molecule has 0 aliphatic rings. The van der Waals surface area contributed by atoms with Gasteiger partial charge in [0.05, 0.1) is 34.4 Å². The third kappa shape index (κ3) is 5.81. The highest BCUT2D eigenvalue weighted by atomic mass is 35.5. The summed E-state index contributed by atoms with van der Waals surface area (Å²) >= 11 is 3.75. The Hall–Kier alpha value is -2.50. The van der Waals surface area contributed by atoms with Gasteiger partial charge in [-0.1, -0.05) is 17.7 Å². The van der Waals surface area contributed by atoms with Crippen LogP contribution >= 0.6 is 11.6 Å². The number of carbonyl (C=O) groups excluding carboxylic acids is 1. The van der Waals surface area contributed by atoms with Crippen molar-refractivity contribution < 1.29 is 23.1 Å². The van der Waals surface area contributed by atoms with E-state index in [0.717, 1.165) is 0 Å². The Kier molecular flexibility index (Phi) is 7.99. The standard InChI is InChI=1S/C20H20ClFN4O4S/c21-14-5-3-12(2-1-7-25-31(29)30)19(22)18(14)20(28)13-4-6-15-16(10-13)26-17(11-24-15)23-8-9-27/h3-6,10-11,25,27H,1-2,7-9H2,(H,23,26)(H,29,30)/p-1. The van der Waals surface area contributed by atoms with Crippen molar-refractivity contribution in [3.8, 4) is 0 Å². The maximum atomic E-state index is 15.1. The Bertz CT molecular complexity index is 1130. The van der Waals surface area contributed by atoms with E-state index in [-0.39, 0.29) is 41.3 Å². The van der Waals surface area contributed by atoms with Gasteiger partial charge in [-0.05, 0) is 42.7 Å². The molecule has 3 aromatic rings. The quantitative estimate of drug-likeness (QED) is 0.238. The van der Waals surface area contributed by atoms with Crippen molar-refractivity contribution in [1.29, 1.82) is 0 Å². The number of aromatic nitrogens is 2. The van der Waals surface area contributed by atoms with Gasteiger partial charge in [0.1, 0.15) is 11.6 Å². The van der Waals surface area contributed by atoms with Crippen LogP contribution in [-0.4, -0.2) is 49.3 Å². The van der Waals surface area contributed by atoms with Crippen molar-refractivity contribution in [3.63, 3.8) is 0 Å². The van der Waals surface area contributed by atoms with Crippen molar-refractivity contribution in [1.82, 2.24) is 14.7 Å². The van der Waals surface area contributed by atoms with Crippen LogP contribution < -0.4 is 10.0 Å². The van der Waals surface area contributed by atoms with Gasteiger partial charge >= 0.3 is 0 Å². The molecule has 0 saturated carbocycles. The predicted molar refractivity (Wildman–Crippen MR) is 115 cm³/mol. The van der Waals surface area contributed by atoms with Gasteiger partial charge in [-0.15, -0.1) is 0 Å². The molecule has 1 atom stereocenters. The molecule has 164 valence electrons. The number of ketones is 1. The molecule has 0 amide bonds. The summed E-state index contributed by atoms with van der Waals surface area (Å²) in [6.45, 7) is 0.376. The van der Waals surface area contributed by atoms with E-state index in [2.05, 4.69) is 20.0 Å². The van der Waals surface area contributed by atoms with Crippen LogP contribution in [0, 0.1) is 5.82 Å². The lowest BCUT2D eigenvalue weighted by Crippen LogP contribution is -2.18. The summed E-state index contributed by atoms with van der Waals surface area (Å²) < 4.78 is 38.3. The summed E-state index contributed by atoms with van der Waals surface area (Å²) in [5.74, 6) is -0.893. The first-order valence-corrected chi connectivity index (χ1v) is 10.8. The van der Waals surface area contributed by atoms with Crippen LogP contribution in [0.3, 0.4) is 0 Å². The number of hydrogen-bond acceptors (Lipinski definition) is 7. The summed E-state index contributed by atoms with van der Waals surface area (Å²) in [5, 5.41) is 11.8. The molecule has 2 aromatic carbocycles. The Morgan fingerprint density at radius 3 is 2.77 bits per heavy atom. The minimum absolute atomic E-state index is 0.0189. The van der Waals surface area contributed by atoms with Crippen molar-refractivity contribution in [2.45, 2.75) is 12.8 Å². The molecule has 31 heavy (non-hydrogen) atoms. The Morgan fingerprint density at radius 1 is 1.23 bits per heavy atom. The summed E-state index contributed by atoms with van der Waals surface area (Å²) in [5.41, 5.74) is 1.19. The fourth-order valence-electron chi connectivity index (χ4n) is 3.00. The van der Waals surface area contributed by atoms with E-state index in [9.17, 15) is 13.6 Å². The van der Waals surface area contributed by atoms with Crippen LogP contribution in [0.25, 0.3) is 11.0 Å². The minimum Gasteiger partial charge on any atom is -0.760 e. The molecular weight excluding hydrogens is 447 g/mol. The van der Waals surface area contributed by atoms with Gasteiger partial charge in [-0.25, -0.2) is 14.1 Å². The zero-order chi connectivity index (χ0) is 22.4. The number of nitrogens with one attached hydrogen (secondary N) is 2. The van der Waals surface area contributed by atoms with Gasteiger partial charge in [-0.2, -0.15) is 0 Å². The van der Waals surface area contributed by atoms with Crippen molar-refractivity contribution in [2.24, 2.45) is 0 Å². The first-order valence-electron chi connectivity index (χ1n) is 9.36. The Labute approximate surface area is 185 Å². The van der Waals surface area contributed by atoms with Crippen LogP contribution in [-0.2, 0) is 17.7 Å². The molecule has 0 saturated heterocycles. The summed E-state index contributed by atoms with van der Waals surface area (Å²) in [4.78, 5) is 21.6. The highest BCUT2D eigenvalue weighted by molar-refractivity contribution is 7.77. The van der Waals surface area contributed by atoms with Gasteiger partial charge in [0, 0.05) is 29.9 Å².